The fraction of sp³-hybridized carbons (Fsp3) is 0.520. The Morgan fingerprint density at radius 3 is 2.13 bits per heavy atom. The van der Waals surface area contributed by atoms with Gasteiger partial charge in [0.2, 0.25) is 0 Å². The molecule has 0 spiro atoms. The van der Waals surface area contributed by atoms with Crippen LogP contribution in [-0.2, 0) is 16.0 Å². The topological polar surface area (TPSA) is 75.6 Å². The molecule has 2 N–H and O–H groups in total. The molecule has 0 aliphatic carbocycles. The van der Waals surface area contributed by atoms with Crippen molar-refractivity contribution in [2.24, 2.45) is 0 Å². The van der Waals surface area contributed by atoms with Crippen molar-refractivity contribution < 1.29 is 19.4 Å². The molecule has 1 amide bonds. The molecule has 6 heteroatoms. The zero-order chi connectivity index (χ0) is 24.7. The quantitative estimate of drug-likeness (QED) is 0.317. The standard InChI is InChI=1S/C16H22O.C3H6.C2H4NO.C2H4O2.C2H6.Tl/c1-3-13-8-5-6-9-15(13)12-14(4-2)16-10-7-11-17-16;1-3-2;1-3-2-4;1-2(3)4;1-2;/h5-6,8-9,12,16H,3-4,7,10-11H2,1-2H3;3H,1H2,2H3;2*1H3,(H,3,4);1-2H3;/b14-12+;;;;;. The molecule has 1 aromatic carbocycles. The van der Waals surface area contributed by atoms with Crippen LogP contribution in [0.15, 0.2) is 42.5 Å². The average molecular weight is 625 g/mol. The summed E-state index contributed by atoms with van der Waals surface area (Å²) in [5.74, 6) is -0.833. The van der Waals surface area contributed by atoms with E-state index >= 15 is 0 Å². The van der Waals surface area contributed by atoms with Gasteiger partial charge in [-0.25, -0.2) is 0 Å². The van der Waals surface area contributed by atoms with E-state index in [4.69, 9.17) is 14.6 Å². The zero-order valence-corrected chi connectivity index (χ0v) is 25.0. The SMILES string of the molecule is C=CC.CC.CC(=O)O.CC/C(=C\c1ccccc1CC)C1CCCO1.CN[C](=O)[Tl]. The Balaban J connectivity index is -0.000000464. The van der Waals surface area contributed by atoms with E-state index in [0.717, 1.165) is 26.4 Å². The summed E-state index contributed by atoms with van der Waals surface area (Å²) in [7, 11) is 1.64. The van der Waals surface area contributed by atoms with Crippen molar-refractivity contribution in [2.45, 2.75) is 73.3 Å². The molecule has 1 aromatic rings. The van der Waals surface area contributed by atoms with Crippen molar-refractivity contribution in [1.29, 1.82) is 0 Å². The van der Waals surface area contributed by atoms with E-state index in [1.165, 1.54) is 29.5 Å². The Kier molecular flexibility index (Phi) is 27.3. The van der Waals surface area contributed by atoms with Gasteiger partial charge in [-0.3, -0.25) is 4.79 Å². The molecule has 2 rings (SSSR count). The van der Waals surface area contributed by atoms with Crippen LogP contribution >= 0.6 is 0 Å². The molecule has 31 heavy (non-hydrogen) atoms. The van der Waals surface area contributed by atoms with Gasteiger partial charge in [0.1, 0.15) is 0 Å². The van der Waals surface area contributed by atoms with Crippen molar-refractivity contribution in [1.82, 2.24) is 5.32 Å². The second-order valence-electron chi connectivity index (χ2n) is 6.17. The minimum absolute atomic E-state index is 0.171. The van der Waals surface area contributed by atoms with Gasteiger partial charge in [-0.2, -0.15) is 0 Å². The Bertz CT molecular complexity index is 620. The molecule has 1 saturated heterocycles. The summed E-state index contributed by atoms with van der Waals surface area (Å²) in [5, 5.41) is 9.88. The van der Waals surface area contributed by atoms with E-state index in [1.54, 1.807) is 13.1 Å². The first-order valence-electron chi connectivity index (χ1n) is 10.9. The maximum absolute atomic E-state index is 9.78. The number of ether oxygens (including phenoxy) is 1. The first kappa shape index (κ1) is 34.1. The van der Waals surface area contributed by atoms with Crippen LogP contribution in [0.25, 0.3) is 6.08 Å². The number of nitrogens with one attached hydrogen (secondary N) is 1. The third kappa shape index (κ3) is 21.5. The monoisotopic (exact) mass is 625 g/mol. The van der Waals surface area contributed by atoms with Crippen LogP contribution in [0.2, 0.25) is 0 Å². The van der Waals surface area contributed by atoms with E-state index in [2.05, 4.69) is 56.1 Å². The summed E-state index contributed by atoms with van der Waals surface area (Å²) in [6.07, 6.45) is 9.03. The average Bonchev–Trinajstić information content (AvgIpc) is 3.29. The molecule has 1 fully saturated rings. The van der Waals surface area contributed by atoms with Crippen molar-refractivity contribution in [3.8, 4) is 0 Å². The number of hydrogen-bond acceptors (Lipinski definition) is 3. The first-order chi connectivity index (χ1) is 14.8. The summed E-state index contributed by atoms with van der Waals surface area (Å²) in [4.78, 5) is 18.8. The Labute approximate surface area is 206 Å². The van der Waals surface area contributed by atoms with Gasteiger partial charge in [-0.1, -0.05) is 64.1 Å². The summed E-state index contributed by atoms with van der Waals surface area (Å²) in [6.45, 7) is 15.7. The molecule has 174 valence electrons. The van der Waals surface area contributed by atoms with Crippen LogP contribution in [0.1, 0.15) is 71.9 Å². The number of aryl methyl sites for hydroxylation is 1. The second kappa shape index (κ2) is 24.8. The third-order valence-corrected chi connectivity index (χ3v) is 4.90. The van der Waals surface area contributed by atoms with Gasteiger partial charge in [-0.15, -0.1) is 6.58 Å². The van der Waals surface area contributed by atoms with Crippen LogP contribution < -0.4 is 5.32 Å². The summed E-state index contributed by atoms with van der Waals surface area (Å²) in [6, 6.07) is 8.67. The predicted molar refractivity (Wildman–Crippen MR) is 134 cm³/mol. The number of rotatable bonds is 4. The minimum atomic E-state index is -0.833. The van der Waals surface area contributed by atoms with E-state index in [-0.39, 0.29) is 3.47 Å². The molecule has 1 atom stereocenters. The van der Waals surface area contributed by atoms with Gasteiger partial charge in [0.05, 0.1) is 6.10 Å². The van der Waals surface area contributed by atoms with Crippen LogP contribution in [-0.4, -0.2) is 60.1 Å². The van der Waals surface area contributed by atoms with Crippen molar-refractivity contribution in [3.05, 3.63) is 53.6 Å². The fourth-order valence-corrected chi connectivity index (χ4v) is 2.49. The van der Waals surface area contributed by atoms with Gasteiger partial charge in [0.15, 0.2) is 0 Å². The summed E-state index contributed by atoms with van der Waals surface area (Å²) in [5.41, 5.74) is 4.24. The number of carbonyl (C=O) groups excluding carboxylic acids is 1. The number of hydrogen-bond donors (Lipinski definition) is 2. The summed E-state index contributed by atoms with van der Waals surface area (Å²) < 4.78 is 5.95. The number of amides is 1. The van der Waals surface area contributed by atoms with Crippen LogP contribution in [0, 0.1) is 0 Å². The number of allylic oxidation sites excluding steroid dienone is 1. The van der Waals surface area contributed by atoms with Crippen LogP contribution in [0.4, 0.5) is 4.79 Å². The second-order valence-corrected chi connectivity index (χ2v) is 8.21. The van der Waals surface area contributed by atoms with E-state index in [9.17, 15) is 4.79 Å². The molecular formula is C25H42NO4Tl. The van der Waals surface area contributed by atoms with Crippen LogP contribution in [0.3, 0.4) is 0 Å². The number of carboxylic acids is 1. The molecule has 0 aromatic heterocycles. The molecule has 0 bridgehead atoms. The van der Waals surface area contributed by atoms with Gasteiger partial charge in [0, 0.05) is 13.5 Å². The molecule has 0 radical (unpaired) electrons. The van der Waals surface area contributed by atoms with E-state index < -0.39 is 5.97 Å². The molecular weight excluding hydrogens is 583 g/mol. The van der Waals surface area contributed by atoms with Gasteiger partial charge in [0.25, 0.3) is 5.97 Å². The normalized spacial score (nSPS) is 13.9. The molecule has 1 aliphatic rings. The third-order valence-electron chi connectivity index (χ3n) is 3.77. The number of carbonyl (C=O) groups is 2. The van der Waals surface area contributed by atoms with Crippen molar-refractivity contribution in [3.63, 3.8) is 0 Å². The molecule has 1 unspecified atom stereocenters. The van der Waals surface area contributed by atoms with Crippen molar-refractivity contribution >= 4 is 41.3 Å². The number of aliphatic carboxylic acids is 1. The van der Waals surface area contributed by atoms with E-state index in [0.29, 0.717) is 31.9 Å². The molecule has 1 aliphatic heterocycles. The van der Waals surface area contributed by atoms with Gasteiger partial charge >= 0.3 is 46.4 Å². The maximum atomic E-state index is 9.78. The number of carboxylic acid groups (broad SMARTS) is 1. The Morgan fingerprint density at radius 1 is 1.29 bits per heavy atom. The van der Waals surface area contributed by atoms with Gasteiger partial charge < -0.3 is 9.84 Å². The number of benzene rings is 1. The molecule has 0 saturated carbocycles. The van der Waals surface area contributed by atoms with Crippen molar-refractivity contribution in [2.75, 3.05) is 13.7 Å². The Hall–Kier alpha value is -1.48. The fourth-order valence-electron chi connectivity index (χ4n) is 2.49. The van der Waals surface area contributed by atoms with E-state index in [1.807, 2.05) is 20.8 Å². The summed E-state index contributed by atoms with van der Waals surface area (Å²) >= 11 is 0.449. The molecule has 5 nitrogen and oxygen atoms in total. The Morgan fingerprint density at radius 2 is 1.77 bits per heavy atom. The molecule has 1 heterocycles. The van der Waals surface area contributed by atoms with Gasteiger partial charge in [-0.05, 0) is 49.3 Å². The van der Waals surface area contributed by atoms with Crippen LogP contribution in [0.5, 0.6) is 0 Å². The predicted octanol–water partition coefficient (Wildman–Crippen LogP) is 6.03. The first-order valence-corrected chi connectivity index (χ1v) is 13.1. The zero-order valence-electron chi connectivity index (χ0n) is 20.5.